The molecule has 6 atom stereocenters. The molecule has 3 fully saturated rings. The van der Waals surface area contributed by atoms with Crippen molar-refractivity contribution >= 4 is 22.7 Å². The number of aromatic nitrogens is 2. The van der Waals surface area contributed by atoms with E-state index in [2.05, 4.69) is 20.7 Å². The number of piperidine rings is 2. The first-order chi connectivity index (χ1) is 14.8. The molecule has 0 spiro atoms. The number of nitrogens with zero attached hydrogens (tertiary/aromatic N) is 3. The van der Waals surface area contributed by atoms with Crippen molar-refractivity contribution in [3.05, 3.63) is 18.2 Å². The van der Waals surface area contributed by atoms with Crippen molar-refractivity contribution in [3.8, 4) is 21.5 Å². The molecule has 166 valence electrons. The lowest BCUT2D eigenvalue weighted by Crippen LogP contribution is -2.50. The molecule has 2 aromatic rings. The first-order valence-corrected chi connectivity index (χ1v) is 11.4. The van der Waals surface area contributed by atoms with Crippen LogP contribution < -0.4 is 15.3 Å². The van der Waals surface area contributed by atoms with Crippen molar-refractivity contribution in [2.45, 2.75) is 63.1 Å². The van der Waals surface area contributed by atoms with Crippen LogP contribution >= 0.6 is 11.3 Å². The molecule has 0 radical (unpaired) electrons. The standard InChI is InChI=1S/C21H25F2N5O2S/c1-4-10(2)24-25-11-5-6-13(15(29)7-11)19-26-27-20(31-19)30-12-8-14-17-18(22)21(17,23)16(9-12)28(14)3/h5-7,12,14,16-18,25,29H,4,8-9H2,1-3H3/p+1/b24-10-. The smallest absolute Gasteiger partial charge is 0.456 e. The van der Waals surface area contributed by atoms with Crippen LogP contribution in [0.1, 0.15) is 33.1 Å². The molecule has 3 heterocycles. The fourth-order valence-electron chi connectivity index (χ4n) is 4.99. The first-order valence-electron chi connectivity index (χ1n) is 10.6. The normalized spacial score (nSPS) is 34.5. The number of aromatic amines is 1. The fourth-order valence-corrected chi connectivity index (χ4v) is 5.82. The Morgan fingerprint density at radius 1 is 1.48 bits per heavy atom. The van der Waals surface area contributed by atoms with Gasteiger partial charge in [0.25, 0.3) is 0 Å². The van der Waals surface area contributed by atoms with Gasteiger partial charge in [0.05, 0.1) is 17.3 Å². The van der Waals surface area contributed by atoms with E-state index in [1.54, 1.807) is 12.1 Å². The minimum absolute atomic E-state index is 0.0782. The predicted octanol–water partition coefficient (Wildman–Crippen LogP) is 3.43. The lowest BCUT2D eigenvalue weighted by molar-refractivity contribution is -0.460. The Morgan fingerprint density at radius 2 is 2.29 bits per heavy atom. The van der Waals surface area contributed by atoms with Crippen LogP contribution in [0.4, 0.5) is 14.5 Å². The molecule has 5 rings (SSSR count). The molecule has 7 nitrogen and oxygen atoms in total. The van der Waals surface area contributed by atoms with Crippen molar-refractivity contribution in [1.82, 2.24) is 10.00 Å². The minimum atomic E-state index is -1.71. The Bertz CT molecular complexity index is 1030. The van der Waals surface area contributed by atoms with E-state index in [1.165, 1.54) is 11.3 Å². The zero-order valence-electron chi connectivity index (χ0n) is 17.6. The van der Waals surface area contributed by atoms with Gasteiger partial charge in [-0.1, -0.05) is 12.0 Å². The number of hydrogen-bond donors (Lipinski definition) is 2. The summed E-state index contributed by atoms with van der Waals surface area (Å²) in [5.74, 6) is -0.443. The van der Waals surface area contributed by atoms with Crippen LogP contribution in [0.5, 0.6) is 10.9 Å². The quantitative estimate of drug-likeness (QED) is 0.520. The molecule has 3 aliphatic rings. The molecule has 1 aliphatic carbocycles. The van der Waals surface area contributed by atoms with Crippen LogP contribution in [0.3, 0.4) is 0 Å². The number of phenols is 1. The number of aromatic hydroxyl groups is 1. The summed E-state index contributed by atoms with van der Waals surface area (Å²) < 4.78 is 34.9. The van der Waals surface area contributed by atoms with Crippen molar-refractivity contribution in [3.63, 3.8) is 0 Å². The van der Waals surface area contributed by atoms with Crippen molar-refractivity contribution < 1.29 is 23.7 Å². The summed E-state index contributed by atoms with van der Waals surface area (Å²) in [6.45, 7) is 3.95. The number of hydrogen-bond acceptors (Lipinski definition) is 7. The van der Waals surface area contributed by atoms with Crippen LogP contribution in [-0.2, 0) is 0 Å². The van der Waals surface area contributed by atoms with Crippen LogP contribution in [0.15, 0.2) is 23.3 Å². The summed E-state index contributed by atoms with van der Waals surface area (Å²) in [4.78, 5) is 1.97. The van der Waals surface area contributed by atoms with Gasteiger partial charge in [0, 0.05) is 53.0 Å². The van der Waals surface area contributed by atoms with Gasteiger partial charge < -0.3 is 9.84 Å². The Balaban J connectivity index is 1.26. The fraction of sp³-hybridized carbons (Fsp3) is 0.571. The molecule has 1 aromatic heterocycles. The number of fused-ring (bicyclic) bond motifs is 5. The van der Waals surface area contributed by atoms with Gasteiger partial charge in [0.15, 0.2) is 5.67 Å². The summed E-state index contributed by atoms with van der Waals surface area (Å²) in [5, 5.41) is 22.9. The SMILES string of the molecule is CC/C(C)=N\Nc1ccc(-c2n[nH+]c(OC3CC4C5C(F)C5(F)C(C3)N4C)s2)c(O)c1. The number of phenolic OH excluding ortho intramolecular Hbond substituents is 1. The van der Waals surface area contributed by atoms with Crippen LogP contribution in [0, 0.1) is 5.92 Å². The summed E-state index contributed by atoms with van der Waals surface area (Å²) in [6, 6.07) is 4.62. The molecule has 0 amide bonds. The molecule has 3 N–H and O–H groups in total. The molecule has 2 aliphatic heterocycles. The Labute approximate surface area is 183 Å². The maximum absolute atomic E-state index is 14.9. The number of H-pyrrole nitrogens is 1. The second-order valence-corrected chi connectivity index (χ2v) is 9.64. The van der Waals surface area contributed by atoms with E-state index in [4.69, 9.17) is 4.74 Å². The monoisotopic (exact) mass is 450 g/mol. The number of hydrazone groups is 1. The highest BCUT2D eigenvalue weighted by Gasteiger charge is 2.81. The second kappa shape index (κ2) is 7.37. The number of benzene rings is 1. The third-order valence-corrected chi connectivity index (χ3v) is 7.78. The molecule has 6 unspecified atom stereocenters. The molecule has 1 saturated carbocycles. The van der Waals surface area contributed by atoms with E-state index in [1.807, 2.05) is 31.9 Å². The van der Waals surface area contributed by atoms with E-state index in [-0.39, 0.29) is 17.9 Å². The number of nitrogens with one attached hydrogen (secondary N) is 2. The van der Waals surface area contributed by atoms with Gasteiger partial charge in [0.2, 0.25) is 5.01 Å². The maximum Gasteiger partial charge on any atom is 0.456 e. The summed E-state index contributed by atoms with van der Waals surface area (Å²) in [5.41, 5.74) is 3.43. The maximum atomic E-state index is 14.9. The van der Waals surface area contributed by atoms with Gasteiger partial charge in [-0.15, -0.1) is 0 Å². The number of rotatable bonds is 6. The van der Waals surface area contributed by atoms with Gasteiger partial charge >= 0.3 is 5.19 Å². The second-order valence-electron chi connectivity index (χ2n) is 8.68. The van der Waals surface area contributed by atoms with Gasteiger partial charge in [-0.25, -0.2) is 8.78 Å². The van der Waals surface area contributed by atoms with E-state index in [9.17, 15) is 13.9 Å². The lowest BCUT2D eigenvalue weighted by atomic mass is 9.95. The molecule has 2 bridgehead atoms. The molecule has 31 heavy (non-hydrogen) atoms. The van der Waals surface area contributed by atoms with Crippen LogP contribution in [-0.4, -0.2) is 57.9 Å². The predicted molar refractivity (Wildman–Crippen MR) is 114 cm³/mol. The molecule has 10 heteroatoms. The third kappa shape index (κ3) is 3.27. The number of ether oxygens (including phenoxy) is 1. The lowest BCUT2D eigenvalue weighted by Gasteiger charge is -2.38. The van der Waals surface area contributed by atoms with Crippen molar-refractivity contribution in [2.24, 2.45) is 11.0 Å². The first kappa shape index (κ1) is 20.6. The largest absolute Gasteiger partial charge is 0.507 e. The zero-order valence-corrected chi connectivity index (χ0v) is 18.4. The third-order valence-electron chi connectivity index (χ3n) is 6.90. The average molecular weight is 451 g/mol. The average Bonchev–Trinajstić information content (AvgIpc) is 3.01. The van der Waals surface area contributed by atoms with Crippen molar-refractivity contribution in [1.29, 1.82) is 0 Å². The number of anilines is 1. The number of alkyl halides is 2. The molecular formula is C21H26F2N5O2S+. The summed E-state index contributed by atoms with van der Waals surface area (Å²) in [6.07, 6.45) is 0.356. The summed E-state index contributed by atoms with van der Waals surface area (Å²) in [7, 11) is 1.87. The van der Waals surface area contributed by atoms with E-state index in [0.717, 1.165) is 12.1 Å². The Hall–Kier alpha value is -2.33. The molecular weight excluding hydrogens is 424 g/mol. The zero-order chi connectivity index (χ0) is 21.9. The van der Waals surface area contributed by atoms with Gasteiger partial charge in [-0.2, -0.15) is 5.10 Å². The van der Waals surface area contributed by atoms with E-state index >= 15 is 0 Å². The highest BCUT2D eigenvalue weighted by molar-refractivity contribution is 7.16. The Kier molecular flexibility index (Phi) is 4.89. The van der Waals surface area contributed by atoms with Gasteiger partial charge in [-0.3, -0.25) is 10.3 Å². The van der Waals surface area contributed by atoms with Crippen LogP contribution in [0.2, 0.25) is 0 Å². The van der Waals surface area contributed by atoms with Crippen molar-refractivity contribution in [2.75, 3.05) is 12.5 Å². The van der Waals surface area contributed by atoms with Gasteiger partial charge in [-0.05, 0) is 32.5 Å². The minimum Gasteiger partial charge on any atom is -0.507 e. The number of halogens is 2. The van der Waals surface area contributed by atoms with E-state index in [0.29, 0.717) is 34.3 Å². The van der Waals surface area contributed by atoms with E-state index < -0.39 is 23.8 Å². The summed E-state index contributed by atoms with van der Waals surface area (Å²) >= 11 is 1.28. The Morgan fingerprint density at radius 3 is 3.00 bits per heavy atom. The topological polar surface area (TPSA) is 84.1 Å². The molecule has 2 saturated heterocycles. The van der Waals surface area contributed by atoms with Gasteiger partial charge in [0.1, 0.15) is 18.0 Å². The highest BCUT2D eigenvalue weighted by atomic mass is 32.1. The highest BCUT2D eigenvalue weighted by Crippen LogP contribution is 2.65. The van der Waals surface area contributed by atoms with Crippen LogP contribution in [0.25, 0.3) is 10.6 Å². The molecule has 1 aromatic carbocycles.